The molecule has 2 aromatic carbocycles. The number of carbonyl (C=O) groups excluding carboxylic acids is 2. The number of rotatable bonds is 3. The Bertz CT molecular complexity index is 1590. The van der Waals surface area contributed by atoms with Gasteiger partial charge in [-0.25, -0.2) is 14.5 Å². The monoisotopic (exact) mass is 512 g/mol. The second kappa shape index (κ2) is 9.15. The summed E-state index contributed by atoms with van der Waals surface area (Å²) in [6.07, 6.45) is -4.41. The number of nitrogens with one attached hydrogen (secondary N) is 2. The Hall–Kier alpha value is -4.55. The Morgan fingerprint density at radius 2 is 1.89 bits per heavy atom. The molecule has 37 heavy (non-hydrogen) atoms. The molecule has 0 spiro atoms. The number of carbonyl (C=O) groups is 2. The van der Waals surface area contributed by atoms with Gasteiger partial charge in [0.2, 0.25) is 0 Å². The van der Waals surface area contributed by atoms with Crippen molar-refractivity contribution in [3.8, 4) is 0 Å². The number of halogens is 3. The third-order valence-corrected chi connectivity index (χ3v) is 6.20. The molecule has 5 rings (SSSR count). The second-order valence-electron chi connectivity index (χ2n) is 8.51. The van der Waals surface area contributed by atoms with E-state index in [1.165, 1.54) is 11.9 Å². The summed E-state index contributed by atoms with van der Waals surface area (Å²) in [4.78, 5) is 39.0. The van der Waals surface area contributed by atoms with Gasteiger partial charge in [-0.2, -0.15) is 18.3 Å². The summed E-state index contributed by atoms with van der Waals surface area (Å²) in [5.74, 6) is -1.64. The molecule has 10 nitrogen and oxygen atoms in total. The van der Waals surface area contributed by atoms with Crippen molar-refractivity contribution in [1.29, 1.82) is 0 Å². The van der Waals surface area contributed by atoms with Crippen LogP contribution in [-0.2, 0) is 25.7 Å². The molecule has 0 saturated carbocycles. The first-order valence-electron chi connectivity index (χ1n) is 11.3. The van der Waals surface area contributed by atoms with E-state index in [0.717, 1.165) is 10.1 Å². The third-order valence-electron chi connectivity index (χ3n) is 6.20. The molecule has 0 saturated heterocycles. The van der Waals surface area contributed by atoms with Crippen LogP contribution in [0.15, 0.2) is 53.3 Å². The van der Waals surface area contributed by atoms with E-state index in [2.05, 4.69) is 20.6 Å². The number of hydrogen-bond donors (Lipinski definition) is 2. The zero-order chi connectivity index (χ0) is 26.3. The van der Waals surface area contributed by atoms with Gasteiger partial charge in [0, 0.05) is 24.4 Å². The van der Waals surface area contributed by atoms with Crippen LogP contribution in [0.5, 0.6) is 0 Å². The van der Waals surface area contributed by atoms with Crippen LogP contribution < -0.4 is 15.4 Å². The summed E-state index contributed by atoms with van der Waals surface area (Å²) in [6.45, 7) is -0.388. The number of fused-ring (bicyclic) bond motifs is 2. The Morgan fingerprint density at radius 1 is 1.14 bits per heavy atom. The maximum absolute atomic E-state index is 13.5. The van der Waals surface area contributed by atoms with Crippen molar-refractivity contribution in [2.24, 2.45) is 0 Å². The fourth-order valence-corrected chi connectivity index (χ4v) is 4.45. The molecule has 1 aliphatic rings. The van der Waals surface area contributed by atoms with E-state index in [0.29, 0.717) is 33.1 Å². The number of aromatic nitrogens is 5. The normalized spacial score (nSPS) is 13.5. The first-order chi connectivity index (χ1) is 17.7. The molecular formula is C24H21F3N7O3+. The van der Waals surface area contributed by atoms with E-state index in [1.54, 1.807) is 36.4 Å². The van der Waals surface area contributed by atoms with Crippen LogP contribution in [0.25, 0.3) is 10.8 Å². The van der Waals surface area contributed by atoms with Crippen LogP contribution in [0.2, 0.25) is 0 Å². The van der Waals surface area contributed by atoms with Crippen LogP contribution in [-0.4, -0.2) is 50.4 Å². The largest absolute Gasteiger partial charge is 0.485 e. The van der Waals surface area contributed by atoms with Gasteiger partial charge in [0.1, 0.15) is 6.54 Å². The van der Waals surface area contributed by atoms with Crippen LogP contribution in [0.3, 0.4) is 0 Å². The van der Waals surface area contributed by atoms with Gasteiger partial charge in [-0.3, -0.25) is 9.59 Å². The lowest BCUT2D eigenvalue weighted by atomic mass is 10.0. The van der Waals surface area contributed by atoms with Crippen LogP contribution >= 0.6 is 0 Å². The quantitative estimate of drug-likeness (QED) is 0.407. The van der Waals surface area contributed by atoms with Crippen molar-refractivity contribution in [2.75, 3.05) is 13.6 Å². The van der Waals surface area contributed by atoms with Gasteiger partial charge >= 0.3 is 18.0 Å². The fraction of sp³-hybridized carbons (Fsp3) is 0.250. The number of nitrogens with zero attached hydrogens (tertiary/aromatic N) is 5. The van der Waals surface area contributed by atoms with Gasteiger partial charge in [-0.05, 0) is 28.4 Å². The average molecular weight is 512 g/mol. The summed E-state index contributed by atoms with van der Waals surface area (Å²) < 4.78 is 42.0. The molecule has 2 amide bonds. The molecule has 1 aliphatic heterocycles. The van der Waals surface area contributed by atoms with E-state index in [4.69, 9.17) is 0 Å². The number of H-pyrrole nitrogens is 1. The van der Waals surface area contributed by atoms with E-state index in [-0.39, 0.29) is 31.0 Å². The van der Waals surface area contributed by atoms with Crippen LogP contribution in [0.1, 0.15) is 33.3 Å². The minimum atomic E-state index is -4.76. The zero-order valence-electron chi connectivity index (χ0n) is 19.5. The number of benzene rings is 2. The first kappa shape index (κ1) is 24.2. The van der Waals surface area contributed by atoms with Crippen LogP contribution in [0.4, 0.5) is 18.0 Å². The number of aromatic amines is 1. The van der Waals surface area contributed by atoms with Gasteiger partial charge in [0.25, 0.3) is 17.3 Å². The predicted molar refractivity (Wildman–Crippen MR) is 124 cm³/mol. The van der Waals surface area contributed by atoms with E-state index in [1.807, 2.05) is 12.1 Å². The fourth-order valence-electron chi connectivity index (χ4n) is 4.45. The predicted octanol–water partition coefficient (Wildman–Crippen LogP) is 1.86. The molecule has 0 atom stereocenters. The van der Waals surface area contributed by atoms with Crippen molar-refractivity contribution < 1.29 is 27.3 Å². The highest BCUT2D eigenvalue weighted by Crippen LogP contribution is 2.27. The minimum Gasteiger partial charge on any atom is -0.325 e. The molecule has 0 fully saturated rings. The maximum atomic E-state index is 13.5. The molecule has 3 heterocycles. The summed E-state index contributed by atoms with van der Waals surface area (Å²) in [7, 11) is 1.28. The first-order valence-corrected chi connectivity index (χ1v) is 11.3. The van der Waals surface area contributed by atoms with Gasteiger partial charge < -0.3 is 10.2 Å². The maximum Gasteiger partial charge on any atom is 0.485 e. The second-order valence-corrected chi connectivity index (χ2v) is 8.51. The topological polar surface area (TPSA) is 117 Å². The minimum absolute atomic E-state index is 0.00929. The number of alkyl halides is 3. The van der Waals surface area contributed by atoms with Crippen LogP contribution in [0, 0.1) is 0 Å². The summed E-state index contributed by atoms with van der Waals surface area (Å²) in [5.41, 5.74) is 1.43. The highest BCUT2D eigenvalue weighted by molar-refractivity contribution is 5.94. The molecule has 0 unspecified atom stereocenters. The highest BCUT2D eigenvalue weighted by atomic mass is 19.4. The van der Waals surface area contributed by atoms with Crippen molar-refractivity contribution in [1.82, 2.24) is 30.2 Å². The summed E-state index contributed by atoms with van der Waals surface area (Å²) >= 11 is 0. The molecule has 4 aromatic rings. The lowest BCUT2D eigenvalue weighted by molar-refractivity contribution is -0.728. The van der Waals surface area contributed by atoms with Gasteiger partial charge in [0.15, 0.2) is 0 Å². The Labute approximate surface area is 207 Å². The molecule has 0 radical (unpaired) electrons. The van der Waals surface area contributed by atoms with Crippen molar-refractivity contribution in [3.05, 3.63) is 87.4 Å². The van der Waals surface area contributed by atoms with E-state index < -0.39 is 23.9 Å². The van der Waals surface area contributed by atoms with E-state index >= 15 is 0 Å². The van der Waals surface area contributed by atoms with Gasteiger partial charge in [-0.15, -0.1) is 0 Å². The SMILES string of the molecule is CNC(=O)n1nc(C(F)(F)F)[n+]2c1CN(C(=O)c1cccc(Cc3n[nH]c(=O)c4ccccc34)c1)CC2. The highest BCUT2D eigenvalue weighted by Gasteiger charge is 2.49. The molecule has 2 N–H and O–H groups in total. The standard InChI is InChI=1S/C24H20F3N7O3/c1-28-23(37)34-19-13-32(9-10-33(19)22(31-34)24(25,26)27)21(36)15-6-4-5-14(11-15)12-18-16-7-2-3-8-17(16)20(35)30-29-18/h2-8,11H,9-10,12-13H2,1H3,(H-,28,30,35,37)/p+1. The summed E-state index contributed by atoms with van der Waals surface area (Å²) in [5, 5.41) is 13.6. The third kappa shape index (κ3) is 4.43. The van der Waals surface area contributed by atoms with Gasteiger partial charge in [0.05, 0.1) is 29.3 Å². The Kier molecular flexibility index (Phi) is 5.97. The Morgan fingerprint density at radius 3 is 2.62 bits per heavy atom. The molecule has 190 valence electrons. The van der Waals surface area contributed by atoms with Gasteiger partial charge in [-0.1, -0.05) is 30.3 Å². The lowest BCUT2D eigenvalue weighted by Gasteiger charge is -2.25. The Balaban J connectivity index is 1.42. The molecule has 0 bridgehead atoms. The molecule has 2 aromatic heterocycles. The molecule has 13 heteroatoms. The number of hydrogen-bond acceptors (Lipinski definition) is 5. The average Bonchev–Trinajstić information content (AvgIpc) is 3.29. The zero-order valence-corrected chi connectivity index (χ0v) is 19.5. The van der Waals surface area contributed by atoms with Crippen molar-refractivity contribution in [3.63, 3.8) is 0 Å². The number of amides is 2. The lowest BCUT2D eigenvalue weighted by Crippen LogP contribution is -2.55. The van der Waals surface area contributed by atoms with Crippen molar-refractivity contribution in [2.45, 2.75) is 25.7 Å². The van der Waals surface area contributed by atoms with Crippen molar-refractivity contribution >= 4 is 22.7 Å². The summed E-state index contributed by atoms with van der Waals surface area (Å²) in [6, 6.07) is 13.1. The molecule has 0 aliphatic carbocycles. The smallest absolute Gasteiger partial charge is 0.325 e. The molecular weight excluding hydrogens is 491 g/mol. The van der Waals surface area contributed by atoms with E-state index in [9.17, 15) is 27.6 Å².